The van der Waals surface area contributed by atoms with Crippen molar-refractivity contribution in [2.24, 2.45) is 0 Å². The first kappa shape index (κ1) is 52.8. The van der Waals surface area contributed by atoms with Crippen LogP contribution < -0.4 is 5.32 Å². The molecule has 0 aliphatic carbocycles. The third kappa shape index (κ3) is 39.0. The van der Waals surface area contributed by atoms with E-state index >= 15 is 0 Å². The minimum Gasteiger partial charge on any atom is -0.387 e. The van der Waals surface area contributed by atoms with Crippen molar-refractivity contribution in [3.63, 3.8) is 0 Å². The molecule has 54 heavy (non-hydrogen) atoms. The molecule has 0 aliphatic rings. The van der Waals surface area contributed by atoms with Gasteiger partial charge in [-0.2, -0.15) is 8.42 Å². The van der Waals surface area contributed by atoms with E-state index in [-0.39, 0.29) is 6.42 Å². The fourth-order valence-corrected chi connectivity index (χ4v) is 7.91. The SMILES string of the molecule is CCCCCCCCCCCCCC/C=C/CC/C=C/C(O)C(CS(=O)(=O)O)NC(=O)C(O)CCCCCCCCCCCCCCCCCCCCC. The summed E-state index contributed by atoms with van der Waals surface area (Å²) in [5, 5.41) is 23.5. The Bertz CT molecular complexity index is 968. The van der Waals surface area contributed by atoms with Crippen LogP contribution in [-0.2, 0) is 14.9 Å². The highest BCUT2D eigenvalue weighted by molar-refractivity contribution is 7.85. The number of amides is 1. The zero-order valence-electron chi connectivity index (χ0n) is 35.5. The number of carbonyl (C=O) groups excluding carboxylic acids is 1. The molecular weight excluding hydrogens is 695 g/mol. The fourth-order valence-electron chi connectivity index (χ4n) is 7.18. The number of aliphatic hydroxyl groups excluding tert-OH is 2. The summed E-state index contributed by atoms with van der Waals surface area (Å²) in [6, 6.07) is -1.25. The molecule has 0 saturated carbocycles. The third-order valence-corrected chi connectivity index (χ3v) is 11.5. The Morgan fingerprint density at radius 3 is 1.22 bits per heavy atom. The number of aliphatic hydroxyl groups is 2. The van der Waals surface area contributed by atoms with Crippen LogP contribution in [0.4, 0.5) is 0 Å². The second kappa shape index (κ2) is 40.0. The monoisotopic (exact) mass is 784 g/mol. The Labute approximate surface area is 335 Å². The first-order chi connectivity index (χ1) is 26.2. The van der Waals surface area contributed by atoms with Gasteiger partial charge in [0.05, 0.1) is 17.9 Å². The lowest BCUT2D eigenvalue weighted by Crippen LogP contribution is -2.50. The number of nitrogens with one attached hydrogen (secondary N) is 1. The van der Waals surface area contributed by atoms with Crippen LogP contribution in [0.25, 0.3) is 0 Å². The van der Waals surface area contributed by atoms with Crippen LogP contribution in [0.3, 0.4) is 0 Å². The minimum absolute atomic E-state index is 0.279. The van der Waals surface area contributed by atoms with E-state index in [1.54, 1.807) is 6.08 Å². The second-order valence-corrected chi connectivity index (χ2v) is 17.7. The molecule has 0 saturated heterocycles. The fraction of sp³-hybridized carbons (Fsp3) is 0.891. The topological polar surface area (TPSA) is 124 Å². The van der Waals surface area contributed by atoms with Crippen LogP contribution in [0.2, 0.25) is 0 Å². The molecule has 8 heteroatoms. The molecule has 0 spiro atoms. The predicted octanol–water partition coefficient (Wildman–Crippen LogP) is 12.9. The molecule has 4 N–H and O–H groups in total. The van der Waals surface area contributed by atoms with E-state index in [2.05, 4.69) is 31.3 Å². The van der Waals surface area contributed by atoms with Crippen LogP contribution in [0.1, 0.15) is 239 Å². The van der Waals surface area contributed by atoms with E-state index in [0.717, 1.165) is 32.1 Å². The van der Waals surface area contributed by atoms with Gasteiger partial charge in [-0.3, -0.25) is 9.35 Å². The van der Waals surface area contributed by atoms with Gasteiger partial charge in [-0.05, 0) is 32.1 Å². The molecule has 1 amide bonds. The smallest absolute Gasteiger partial charge is 0.267 e. The summed E-state index contributed by atoms with van der Waals surface area (Å²) in [5.74, 6) is -1.55. The van der Waals surface area contributed by atoms with E-state index in [1.807, 2.05) is 0 Å². The van der Waals surface area contributed by atoms with Crippen molar-refractivity contribution in [3.8, 4) is 0 Å². The summed E-state index contributed by atoms with van der Waals surface area (Å²) in [5.41, 5.74) is 0. The minimum atomic E-state index is -4.45. The number of allylic oxidation sites excluding steroid dienone is 3. The summed E-state index contributed by atoms with van der Waals surface area (Å²) >= 11 is 0. The lowest BCUT2D eigenvalue weighted by atomic mass is 10.0. The van der Waals surface area contributed by atoms with Gasteiger partial charge in [-0.15, -0.1) is 0 Å². The molecule has 0 aliphatic heterocycles. The van der Waals surface area contributed by atoms with E-state index < -0.39 is 40.0 Å². The Hall–Kier alpha value is -1.22. The Morgan fingerprint density at radius 2 is 0.833 bits per heavy atom. The zero-order valence-corrected chi connectivity index (χ0v) is 36.3. The van der Waals surface area contributed by atoms with Crippen LogP contribution in [0.5, 0.6) is 0 Å². The molecule has 0 aromatic rings. The van der Waals surface area contributed by atoms with Crippen LogP contribution in [0.15, 0.2) is 24.3 Å². The average Bonchev–Trinajstić information content (AvgIpc) is 3.14. The number of hydrogen-bond acceptors (Lipinski definition) is 5. The van der Waals surface area contributed by atoms with Crippen molar-refractivity contribution in [3.05, 3.63) is 24.3 Å². The maximum absolute atomic E-state index is 12.6. The molecule has 7 nitrogen and oxygen atoms in total. The van der Waals surface area contributed by atoms with Gasteiger partial charge in [0.25, 0.3) is 10.1 Å². The van der Waals surface area contributed by atoms with E-state index in [9.17, 15) is 28.0 Å². The number of hydrogen-bond donors (Lipinski definition) is 4. The summed E-state index contributed by atoms with van der Waals surface area (Å²) in [6.45, 7) is 4.53. The van der Waals surface area contributed by atoms with E-state index in [4.69, 9.17) is 0 Å². The lowest BCUT2D eigenvalue weighted by Gasteiger charge is -2.22. The normalized spacial score (nSPS) is 13.9. The standard InChI is InChI=1S/C46H89NO6S/c1-3-5-7-9-11-13-15-17-19-21-23-25-27-29-31-33-35-37-39-41-45(49)46(50)47-43(42-54(51,52)53)44(48)40-38-36-34-32-30-28-26-24-22-20-18-16-14-12-10-8-6-4-2/h30,32,38,40,43-45,48-49H,3-29,31,33-37,39,41-42H2,1-2H3,(H,47,50)(H,51,52,53)/b32-30+,40-38+. The average molecular weight is 784 g/mol. The first-order valence-corrected chi connectivity index (χ1v) is 24.8. The zero-order chi connectivity index (χ0) is 39.8. The predicted molar refractivity (Wildman–Crippen MR) is 232 cm³/mol. The molecule has 0 radical (unpaired) electrons. The largest absolute Gasteiger partial charge is 0.387 e. The van der Waals surface area contributed by atoms with Gasteiger partial charge in [0.15, 0.2) is 0 Å². The lowest BCUT2D eigenvalue weighted by molar-refractivity contribution is -0.130. The Morgan fingerprint density at radius 1 is 0.500 bits per heavy atom. The number of unbranched alkanes of at least 4 members (excludes halogenated alkanes) is 31. The summed E-state index contributed by atoms with van der Waals surface area (Å²) in [6.07, 6.45) is 48.1. The molecule has 0 rings (SSSR count). The number of rotatable bonds is 42. The van der Waals surface area contributed by atoms with Crippen molar-refractivity contribution < 1.29 is 28.0 Å². The van der Waals surface area contributed by atoms with Crippen LogP contribution in [0, 0.1) is 0 Å². The van der Waals surface area contributed by atoms with Gasteiger partial charge < -0.3 is 15.5 Å². The quantitative estimate of drug-likeness (QED) is 0.0278. The molecule has 0 heterocycles. The second-order valence-electron chi connectivity index (χ2n) is 16.2. The maximum Gasteiger partial charge on any atom is 0.267 e. The van der Waals surface area contributed by atoms with Crippen LogP contribution in [-0.4, -0.2) is 53.1 Å². The summed E-state index contributed by atoms with van der Waals surface area (Å²) in [4.78, 5) is 12.6. The molecule has 0 bridgehead atoms. The highest BCUT2D eigenvalue weighted by Gasteiger charge is 2.27. The first-order valence-electron chi connectivity index (χ1n) is 23.1. The maximum atomic E-state index is 12.6. The van der Waals surface area contributed by atoms with Gasteiger partial charge in [0.1, 0.15) is 6.10 Å². The molecule has 0 aromatic heterocycles. The van der Waals surface area contributed by atoms with E-state index in [0.29, 0.717) is 12.8 Å². The van der Waals surface area contributed by atoms with Gasteiger partial charge >= 0.3 is 0 Å². The van der Waals surface area contributed by atoms with Crippen molar-refractivity contribution in [1.29, 1.82) is 0 Å². The van der Waals surface area contributed by atoms with Gasteiger partial charge in [-0.25, -0.2) is 0 Å². The van der Waals surface area contributed by atoms with E-state index in [1.165, 1.54) is 179 Å². The van der Waals surface area contributed by atoms with Gasteiger partial charge in [0.2, 0.25) is 5.91 Å². The summed E-state index contributed by atoms with van der Waals surface area (Å²) < 4.78 is 32.6. The van der Waals surface area contributed by atoms with Crippen LogP contribution >= 0.6 is 0 Å². The Balaban J connectivity index is 3.98. The van der Waals surface area contributed by atoms with Gasteiger partial charge in [0, 0.05) is 0 Å². The molecule has 320 valence electrons. The van der Waals surface area contributed by atoms with Crippen molar-refractivity contribution >= 4 is 16.0 Å². The van der Waals surface area contributed by atoms with Gasteiger partial charge in [-0.1, -0.05) is 231 Å². The molecule has 3 atom stereocenters. The Kier molecular flexibility index (Phi) is 39.1. The van der Waals surface area contributed by atoms with Crippen molar-refractivity contribution in [2.75, 3.05) is 5.75 Å². The third-order valence-electron chi connectivity index (χ3n) is 10.7. The molecular formula is C46H89NO6S. The van der Waals surface area contributed by atoms with Crippen molar-refractivity contribution in [2.45, 2.75) is 257 Å². The number of carbonyl (C=O) groups is 1. The van der Waals surface area contributed by atoms with Crippen molar-refractivity contribution in [1.82, 2.24) is 5.32 Å². The highest BCUT2D eigenvalue weighted by Crippen LogP contribution is 2.16. The molecule has 0 aromatic carbocycles. The summed E-state index contributed by atoms with van der Waals surface area (Å²) in [7, 11) is -4.45. The highest BCUT2D eigenvalue weighted by atomic mass is 32.2. The molecule has 3 unspecified atom stereocenters. The molecule has 0 fully saturated rings.